The van der Waals surface area contributed by atoms with Crippen LogP contribution in [0.5, 0.6) is 5.75 Å². The Morgan fingerprint density at radius 3 is 2.90 bits per heavy atom. The van der Waals surface area contributed by atoms with Crippen LogP contribution in [0.3, 0.4) is 0 Å². The van der Waals surface area contributed by atoms with Gasteiger partial charge in [0.05, 0.1) is 13.2 Å². The number of aliphatic hydroxyl groups is 1. The lowest BCUT2D eigenvalue weighted by Gasteiger charge is -2.22. The predicted molar refractivity (Wildman–Crippen MR) is 108 cm³/mol. The fraction of sp³-hybridized carbons (Fsp3) is 0.400. The van der Waals surface area contributed by atoms with Crippen LogP contribution in [0.1, 0.15) is 29.8 Å². The van der Waals surface area contributed by atoms with Crippen LogP contribution in [0.2, 0.25) is 0 Å². The predicted octanol–water partition coefficient (Wildman–Crippen LogP) is 0.987. The molecule has 0 unspecified atom stereocenters. The smallest absolute Gasteiger partial charge is 0.259 e. The molecule has 1 aromatic carbocycles. The lowest BCUT2D eigenvalue weighted by molar-refractivity contribution is -0.119. The van der Waals surface area contributed by atoms with E-state index in [4.69, 9.17) is 9.84 Å². The van der Waals surface area contributed by atoms with Crippen LogP contribution in [-0.2, 0) is 11.2 Å². The molecule has 0 aliphatic carbocycles. The van der Waals surface area contributed by atoms with Gasteiger partial charge < -0.3 is 20.5 Å². The molecule has 154 valence electrons. The van der Waals surface area contributed by atoms with Crippen molar-refractivity contribution in [2.75, 3.05) is 36.5 Å². The van der Waals surface area contributed by atoms with Crippen LogP contribution in [0.4, 0.5) is 11.8 Å². The van der Waals surface area contributed by atoms with E-state index in [0.29, 0.717) is 23.9 Å². The maximum Gasteiger partial charge on any atom is 0.259 e. The van der Waals surface area contributed by atoms with Gasteiger partial charge in [0.2, 0.25) is 11.9 Å². The molecule has 9 nitrogen and oxygen atoms in total. The summed E-state index contributed by atoms with van der Waals surface area (Å²) in [6, 6.07) is 6.93. The van der Waals surface area contributed by atoms with Gasteiger partial charge in [0, 0.05) is 30.8 Å². The highest BCUT2D eigenvalue weighted by molar-refractivity contribution is 6.08. The summed E-state index contributed by atoms with van der Waals surface area (Å²) in [6.45, 7) is 4.20. The van der Waals surface area contributed by atoms with Crippen molar-refractivity contribution >= 4 is 23.6 Å². The third kappa shape index (κ3) is 5.20. The summed E-state index contributed by atoms with van der Waals surface area (Å²) in [6.07, 6.45) is 2.28. The van der Waals surface area contributed by atoms with Gasteiger partial charge in [-0.3, -0.25) is 14.5 Å². The minimum absolute atomic E-state index is 0.110. The van der Waals surface area contributed by atoms with E-state index >= 15 is 0 Å². The van der Waals surface area contributed by atoms with Crippen molar-refractivity contribution in [1.82, 2.24) is 15.3 Å². The summed E-state index contributed by atoms with van der Waals surface area (Å²) in [5.74, 6) is 0.707. The van der Waals surface area contributed by atoms with Crippen molar-refractivity contribution in [3.05, 3.63) is 41.6 Å². The summed E-state index contributed by atoms with van der Waals surface area (Å²) in [5.41, 5.74) is 1.41. The number of nitrogens with zero attached hydrogens (tertiary/aromatic N) is 3. The van der Waals surface area contributed by atoms with E-state index in [1.54, 1.807) is 24.3 Å². The molecule has 1 aliphatic rings. The molecule has 1 aromatic heterocycles. The van der Waals surface area contributed by atoms with Gasteiger partial charge in [0.25, 0.3) is 5.91 Å². The van der Waals surface area contributed by atoms with E-state index < -0.39 is 5.91 Å². The zero-order valence-corrected chi connectivity index (χ0v) is 16.5. The van der Waals surface area contributed by atoms with Gasteiger partial charge in [0.1, 0.15) is 18.1 Å². The lowest BCUT2D eigenvalue weighted by Crippen LogP contribution is -2.42. The Bertz CT molecular complexity index is 887. The first kappa shape index (κ1) is 20.5. The van der Waals surface area contributed by atoms with Crippen LogP contribution in [-0.4, -0.2) is 59.2 Å². The first-order valence-electron chi connectivity index (χ1n) is 9.52. The molecular weight excluding hydrogens is 374 g/mol. The van der Waals surface area contributed by atoms with E-state index in [2.05, 4.69) is 20.6 Å². The molecular formula is C20H25N5O4. The summed E-state index contributed by atoms with van der Waals surface area (Å²) in [5, 5.41) is 14.6. The molecule has 3 rings (SSSR count). The van der Waals surface area contributed by atoms with E-state index in [9.17, 15) is 9.59 Å². The number of nitrogens with one attached hydrogen (secondary N) is 2. The highest BCUT2D eigenvalue weighted by Gasteiger charge is 2.24. The first-order valence-corrected chi connectivity index (χ1v) is 9.52. The highest BCUT2D eigenvalue weighted by Crippen LogP contribution is 2.27. The Hall–Kier alpha value is -3.20. The number of aromatic nitrogens is 2. The van der Waals surface area contributed by atoms with Gasteiger partial charge >= 0.3 is 0 Å². The lowest BCUT2D eigenvalue weighted by atomic mass is 10.1. The topological polar surface area (TPSA) is 117 Å². The number of rotatable bonds is 8. The van der Waals surface area contributed by atoms with Gasteiger partial charge in [-0.1, -0.05) is 0 Å². The molecule has 2 heterocycles. The van der Waals surface area contributed by atoms with Gasteiger partial charge in [-0.05, 0) is 43.7 Å². The van der Waals surface area contributed by atoms with Gasteiger partial charge in [-0.2, -0.15) is 4.98 Å². The van der Waals surface area contributed by atoms with Crippen molar-refractivity contribution in [1.29, 1.82) is 0 Å². The summed E-state index contributed by atoms with van der Waals surface area (Å²) in [4.78, 5) is 35.4. The molecule has 0 radical (unpaired) electrons. The summed E-state index contributed by atoms with van der Waals surface area (Å²) >= 11 is 0. The van der Waals surface area contributed by atoms with E-state index in [1.165, 1.54) is 11.1 Å². The molecule has 1 aliphatic heterocycles. The second kappa shape index (κ2) is 9.33. The minimum Gasteiger partial charge on any atom is -0.493 e. The normalized spacial score (nSPS) is 12.3. The second-order valence-electron chi connectivity index (χ2n) is 6.92. The number of carbonyl (C=O) groups excluding carboxylic acids is 2. The minimum atomic E-state index is -0.395. The van der Waals surface area contributed by atoms with Gasteiger partial charge in [-0.15, -0.1) is 0 Å². The third-order valence-corrected chi connectivity index (χ3v) is 4.25. The molecule has 0 saturated heterocycles. The molecule has 0 fully saturated rings. The van der Waals surface area contributed by atoms with E-state index in [-0.39, 0.29) is 31.6 Å². The molecule has 0 atom stereocenters. The quantitative estimate of drug-likeness (QED) is 0.606. The van der Waals surface area contributed by atoms with Gasteiger partial charge in [0.15, 0.2) is 0 Å². The van der Waals surface area contributed by atoms with Crippen LogP contribution in [0.25, 0.3) is 0 Å². The number of ether oxygens (including phenoxy) is 1. The fourth-order valence-corrected chi connectivity index (χ4v) is 2.95. The van der Waals surface area contributed by atoms with Crippen molar-refractivity contribution < 1.29 is 19.4 Å². The maximum absolute atomic E-state index is 13.3. The monoisotopic (exact) mass is 399 g/mol. The van der Waals surface area contributed by atoms with E-state index in [1.807, 2.05) is 13.8 Å². The second-order valence-corrected chi connectivity index (χ2v) is 6.92. The van der Waals surface area contributed by atoms with Gasteiger partial charge in [-0.25, -0.2) is 4.98 Å². The Morgan fingerprint density at radius 1 is 1.31 bits per heavy atom. The van der Waals surface area contributed by atoms with Crippen molar-refractivity contribution in [3.8, 4) is 5.75 Å². The molecule has 3 N–H and O–H groups in total. The van der Waals surface area contributed by atoms with Crippen molar-refractivity contribution in [3.63, 3.8) is 0 Å². The van der Waals surface area contributed by atoms with Crippen LogP contribution in [0.15, 0.2) is 30.5 Å². The molecule has 0 saturated carbocycles. The van der Waals surface area contributed by atoms with Crippen LogP contribution in [0, 0.1) is 0 Å². The number of hydrogen-bond donors (Lipinski definition) is 3. The number of hydrogen-bond acceptors (Lipinski definition) is 7. The Morgan fingerprint density at radius 2 is 2.14 bits per heavy atom. The Balaban J connectivity index is 1.90. The first-order chi connectivity index (χ1) is 14.0. The number of anilines is 2. The van der Waals surface area contributed by atoms with E-state index in [0.717, 1.165) is 17.7 Å². The average molecular weight is 399 g/mol. The maximum atomic E-state index is 13.3. The molecule has 0 bridgehead atoms. The number of amides is 2. The SMILES string of the molecule is CC(C)Nc1nccc(N(CC(=O)NCCO)C(=O)c2ccc3c(c2)CCO3)n1. The average Bonchev–Trinajstić information content (AvgIpc) is 3.17. The van der Waals surface area contributed by atoms with Crippen molar-refractivity contribution in [2.45, 2.75) is 26.3 Å². The zero-order chi connectivity index (χ0) is 20.8. The number of fused-ring (bicyclic) bond motifs is 1. The highest BCUT2D eigenvalue weighted by atomic mass is 16.5. The Kier molecular flexibility index (Phi) is 6.61. The van der Waals surface area contributed by atoms with Crippen molar-refractivity contribution in [2.24, 2.45) is 0 Å². The molecule has 9 heteroatoms. The Labute approximate surface area is 169 Å². The van der Waals surface area contributed by atoms with Crippen LogP contribution < -0.4 is 20.3 Å². The largest absolute Gasteiger partial charge is 0.493 e. The number of benzene rings is 1. The number of aliphatic hydroxyl groups excluding tert-OH is 1. The van der Waals surface area contributed by atoms with Crippen LogP contribution >= 0.6 is 0 Å². The zero-order valence-electron chi connectivity index (χ0n) is 16.5. The number of carbonyl (C=O) groups is 2. The molecule has 0 spiro atoms. The molecule has 2 aromatic rings. The standard InChI is InChI=1S/C20H25N5O4/c1-13(2)23-20-22-7-5-17(24-20)25(12-18(27)21-8-9-26)19(28)15-3-4-16-14(11-15)6-10-29-16/h3-5,7,11,13,26H,6,8-10,12H2,1-2H3,(H,21,27)(H,22,23,24). The fourth-order valence-electron chi connectivity index (χ4n) is 2.95. The molecule has 2 amide bonds. The third-order valence-electron chi connectivity index (χ3n) is 4.25. The molecule has 29 heavy (non-hydrogen) atoms. The summed E-state index contributed by atoms with van der Waals surface area (Å²) in [7, 11) is 0. The summed E-state index contributed by atoms with van der Waals surface area (Å²) < 4.78 is 5.50.